The molecule has 7 heteroatoms. The van der Waals surface area contributed by atoms with Gasteiger partial charge in [0.15, 0.2) is 5.65 Å². The minimum Gasteiger partial charge on any atom is -0.354 e. The van der Waals surface area contributed by atoms with Crippen molar-refractivity contribution in [1.82, 2.24) is 24.4 Å². The Balaban J connectivity index is 1.34. The van der Waals surface area contributed by atoms with Crippen LogP contribution < -0.4 is 4.90 Å². The Hall–Kier alpha value is -2.15. The quantitative estimate of drug-likeness (QED) is 0.824. The van der Waals surface area contributed by atoms with E-state index < -0.39 is 0 Å². The van der Waals surface area contributed by atoms with Crippen LogP contribution in [0.5, 0.6) is 0 Å². The van der Waals surface area contributed by atoms with Crippen LogP contribution in [0.25, 0.3) is 5.65 Å². The second-order valence-corrected chi connectivity index (χ2v) is 6.27. The van der Waals surface area contributed by atoms with Crippen LogP contribution in [0.3, 0.4) is 0 Å². The topological polar surface area (TPSA) is 57.0 Å². The van der Waals surface area contributed by atoms with E-state index in [-0.39, 0.29) is 5.91 Å². The zero-order chi connectivity index (χ0) is 15.6. The summed E-state index contributed by atoms with van der Waals surface area (Å²) in [4.78, 5) is 23.4. The first-order chi connectivity index (χ1) is 11.3. The molecule has 0 radical (unpaired) electrons. The summed E-state index contributed by atoms with van der Waals surface area (Å²) in [6, 6.07) is 3.92. The molecule has 1 amide bonds. The second-order valence-electron chi connectivity index (χ2n) is 6.27. The summed E-state index contributed by atoms with van der Waals surface area (Å²) in [5.41, 5.74) is 0.870. The van der Waals surface area contributed by atoms with Crippen LogP contribution in [0, 0.1) is 0 Å². The Labute approximate surface area is 135 Å². The molecule has 0 aliphatic carbocycles. The lowest BCUT2D eigenvalue weighted by Gasteiger charge is -2.35. The highest BCUT2D eigenvalue weighted by Gasteiger charge is 2.23. The number of fused-ring (bicyclic) bond motifs is 1. The van der Waals surface area contributed by atoms with Gasteiger partial charge in [-0.05, 0) is 18.9 Å². The number of likely N-dealkylation sites (tertiary alicyclic amines) is 1. The molecule has 7 nitrogen and oxygen atoms in total. The molecule has 0 atom stereocenters. The molecule has 2 fully saturated rings. The van der Waals surface area contributed by atoms with Crippen molar-refractivity contribution in [3.8, 4) is 0 Å². The molecule has 4 rings (SSSR count). The fourth-order valence-electron chi connectivity index (χ4n) is 3.37. The van der Waals surface area contributed by atoms with Crippen LogP contribution in [0.2, 0.25) is 0 Å². The van der Waals surface area contributed by atoms with Gasteiger partial charge >= 0.3 is 0 Å². The van der Waals surface area contributed by atoms with Gasteiger partial charge in [0.1, 0.15) is 5.82 Å². The summed E-state index contributed by atoms with van der Waals surface area (Å²) in [6.07, 6.45) is 6.01. The Kier molecular flexibility index (Phi) is 3.87. The first-order valence-corrected chi connectivity index (χ1v) is 8.35. The van der Waals surface area contributed by atoms with Crippen LogP contribution in [-0.2, 0) is 4.79 Å². The average Bonchev–Trinajstić information content (AvgIpc) is 3.26. The number of aromatic nitrogens is 3. The number of piperazine rings is 1. The molecule has 2 aliphatic heterocycles. The maximum atomic E-state index is 12.2. The van der Waals surface area contributed by atoms with Crippen LogP contribution in [-0.4, -0.2) is 76.1 Å². The summed E-state index contributed by atoms with van der Waals surface area (Å²) in [5.74, 6) is 1.28. The number of rotatable bonds is 3. The molecule has 0 spiro atoms. The third-order valence-corrected chi connectivity index (χ3v) is 4.76. The van der Waals surface area contributed by atoms with Crippen molar-refractivity contribution in [3.63, 3.8) is 0 Å². The SMILES string of the molecule is O=C(CN1CCN(c2ccn3nccc3n2)CC1)N1CCCC1. The van der Waals surface area contributed by atoms with Gasteiger partial charge in [-0.2, -0.15) is 5.10 Å². The summed E-state index contributed by atoms with van der Waals surface area (Å²) in [5, 5.41) is 4.17. The van der Waals surface area contributed by atoms with Crippen molar-refractivity contribution < 1.29 is 4.79 Å². The molecule has 0 N–H and O–H groups in total. The fourth-order valence-corrected chi connectivity index (χ4v) is 3.37. The molecular formula is C16H22N6O. The van der Waals surface area contributed by atoms with Crippen LogP contribution in [0.1, 0.15) is 12.8 Å². The van der Waals surface area contributed by atoms with Gasteiger partial charge in [-0.25, -0.2) is 9.50 Å². The molecule has 2 aliphatic rings. The zero-order valence-corrected chi connectivity index (χ0v) is 13.3. The van der Waals surface area contributed by atoms with Crippen LogP contribution in [0.4, 0.5) is 5.82 Å². The number of carbonyl (C=O) groups is 1. The van der Waals surface area contributed by atoms with Crippen LogP contribution in [0.15, 0.2) is 24.5 Å². The first kappa shape index (κ1) is 14.4. The molecule has 0 aromatic carbocycles. The third-order valence-electron chi connectivity index (χ3n) is 4.76. The summed E-state index contributed by atoms with van der Waals surface area (Å²) >= 11 is 0. The standard InChI is InChI=1S/C16H22N6O/c23-16(21-6-1-2-7-21)13-19-9-11-20(12-10-19)14-4-8-22-15(18-14)3-5-17-22/h3-5,8H,1-2,6-7,9-13H2. The van der Waals surface area contributed by atoms with Gasteiger partial charge in [-0.3, -0.25) is 9.69 Å². The molecule has 0 unspecified atom stereocenters. The number of hydrogen-bond donors (Lipinski definition) is 0. The Morgan fingerprint density at radius 3 is 2.61 bits per heavy atom. The number of amides is 1. The number of carbonyl (C=O) groups excluding carboxylic acids is 1. The number of hydrogen-bond acceptors (Lipinski definition) is 5. The van der Waals surface area contributed by atoms with Gasteiger partial charge in [0.25, 0.3) is 0 Å². The predicted octanol–water partition coefficient (Wildman–Crippen LogP) is 0.474. The van der Waals surface area contributed by atoms with Crippen molar-refractivity contribution in [2.45, 2.75) is 12.8 Å². The Bertz CT molecular complexity index is 685. The largest absolute Gasteiger partial charge is 0.354 e. The highest BCUT2D eigenvalue weighted by Crippen LogP contribution is 2.15. The highest BCUT2D eigenvalue weighted by molar-refractivity contribution is 5.78. The van der Waals surface area contributed by atoms with Gasteiger partial charge < -0.3 is 9.80 Å². The van der Waals surface area contributed by atoms with E-state index in [2.05, 4.69) is 19.9 Å². The lowest BCUT2D eigenvalue weighted by atomic mass is 10.3. The number of anilines is 1. The maximum Gasteiger partial charge on any atom is 0.236 e. The molecule has 2 saturated heterocycles. The third kappa shape index (κ3) is 3.01. The Morgan fingerprint density at radius 1 is 1.04 bits per heavy atom. The van der Waals surface area contributed by atoms with Crippen molar-refractivity contribution >= 4 is 17.4 Å². The van der Waals surface area contributed by atoms with Crippen molar-refractivity contribution in [1.29, 1.82) is 0 Å². The normalized spacial score (nSPS) is 19.7. The lowest BCUT2D eigenvalue weighted by molar-refractivity contribution is -0.131. The van der Waals surface area contributed by atoms with E-state index in [0.717, 1.165) is 63.6 Å². The maximum absolute atomic E-state index is 12.2. The van der Waals surface area contributed by atoms with E-state index in [0.29, 0.717) is 6.54 Å². The molecule has 4 heterocycles. The molecular weight excluding hydrogens is 292 g/mol. The fraction of sp³-hybridized carbons (Fsp3) is 0.562. The van der Waals surface area contributed by atoms with Crippen molar-refractivity contribution in [2.75, 3.05) is 50.7 Å². The summed E-state index contributed by atoms with van der Waals surface area (Å²) in [6.45, 7) is 6.07. The van der Waals surface area contributed by atoms with Gasteiger partial charge in [-0.1, -0.05) is 0 Å². The second kappa shape index (κ2) is 6.16. The van der Waals surface area contributed by atoms with Gasteiger partial charge in [-0.15, -0.1) is 0 Å². The van der Waals surface area contributed by atoms with Crippen molar-refractivity contribution in [3.05, 3.63) is 24.5 Å². The van der Waals surface area contributed by atoms with E-state index in [1.165, 1.54) is 0 Å². The van der Waals surface area contributed by atoms with E-state index in [1.54, 1.807) is 10.7 Å². The van der Waals surface area contributed by atoms with E-state index >= 15 is 0 Å². The molecule has 2 aromatic rings. The van der Waals surface area contributed by atoms with Gasteiger partial charge in [0, 0.05) is 51.5 Å². The Morgan fingerprint density at radius 2 is 1.83 bits per heavy atom. The van der Waals surface area contributed by atoms with E-state index in [4.69, 9.17) is 0 Å². The molecule has 0 bridgehead atoms. The minimum atomic E-state index is 0.287. The van der Waals surface area contributed by atoms with E-state index in [1.807, 2.05) is 23.2 Å². The molecule has 0 saturated carbocycles. The van der Waals surface area contributed by atoms with E-state index in [9.17, 15) is 4.79 Å². The molecule has 122 valence electrons. The van der Waals surface area contributed by atoms with Gasteiger partial charge in [0.05, 0.1) is 12.7 Å². The van der Waals surface area contributed by atoms with Crippen LogP contribution >= 0.6 is 0 Å². The summed E-state index contributed by atoms with van der Waals surface area (Å²) < 4.78 is 1.77. The minimum absolute atomic E-state index is 0.287. The monoisotopic (exact) mass is 314 g/mol. The predicted molar refractivity (Wildman–Crippen MR) is 87.5 cm³/mol. The smallest absolute Gasteiger partial charge is 0.236 e. The van der Waals surface area contributed by atoms with Crippen molar-refractivity contribution in [2.24, 2.45) is 0 Å². The highest BCUT2D eigenvalue weighted by atomic mass is 16.2. The molecule has 2 aromatic heterocycles. The zero-order valence-electron chi connectivity index (χ0n) is 13.3. The summed E-state index contributed by atoms with van der Waals surface area (Å²) in [7, 11) is 0. The first-order valence-electron chi connectivity index (χ1n) is 8.35. The van der Waals surface area contributed by atoms with Gasteiger partial charge in [0.2, 0.25) is 5.91 Å². The number of nitrogens with zero attached hydrogens (tertiary/aromatic N) is 6. The molecule has 23 heavy (non-hydrogen) atoms. The lowest BCUT2D eigenvalue weighted by Crippen LogP contribution is -2.50. The average molecular weight is 314 g/mol.